The van der Waals surface area contributed by atoms with Crippen molar-refractivity contribution < 1.29 is 14.3 Å². The summed E-state index contributed by atoms with van der Waals surface area (Å²) in [6.07, 6.45) is 2.70. The van der Waals surface area contributed by atoms with Gasteiger partial charge >= 0.3 is 0 Å². The molecule has 0 saturated heterocycles. The van der Waals surface area contributed by atoms with Crippen LogP contribution in [0.4, 0.5) is 0 Å². The molecule has 1 atom stereocenters. The van der Waals surface area contributed by atoms with Crippen molar-refractivity contribution >= 4 is 5.91 Å². The van der Waals surface area contributed by atoms with Gasteiger partial charge in [0.2, 0.25) is 5.91 Å². The number of primary amides is 1. The first-order valence-electron chi connectivity index (χ1n) is 7.34. The summed E-state index contributed by atoms with van der Waals surface area (Å²) in [4.78, 5) is 11.6. The van der Waals surface area contributed by atoms with Crippen molar-refractivity contribution in [1.82, 2.24) is 0 Å². The average molecular weight is 290 g/mol. The maximum absolute atomic E-state index is 11.6. The molecule has 1 aliphatic carbocycles. The van der Waals surface area contributed by atoms with E-state index in [9.17, 15) is 4.79 Å². The highest BCUT2D eigenvalue weighted by molar-refractivity contribution is 5.85. The van der Waals surface area contributed by atoms with Crippen LogP contribution in [0.15, 0.2) is 18.2 Å². The van der Waals surface area contributed by atoms with Gasteiger partial charge in [0, 0.05) is 12.0 Å². The highest BCUT2D eigenvalue weighted by Crippen LogP contribution is 2.43. The summed E-state index contributed by atoms with van der Waals surface area (Å²) in [7, 11) is 0. The molecule has 0 aromatic heterocycles. The minimum Gasteiger partial charge on any atom is -0.487 e. The molecule has 1 heterocycles. The lowest BCUT2D eigenvalue weighted by molar-refractivity contribution is -0.125. The summed E-state index contributed by atoms with van der Waals surface area (Å²) in [5.41, 5.74) is 11.4. The van der Waals surface area contributed by atoms with Gasteiger partial charge in [0.05, 0.1) is 0 Å². The van der Waals surface area contributed by atoms with Crippen LogP contribution in [0, 0.1) is 5.92 Å². The zero-order valence-corrected chi connectivity index (χ0v) is 12.5. The van der Waals surface area contributed by atoms with Crippen LogP contribution in [-0.4, -0.2) is 23.7 Å². The Morgan fingerprint density at radius 3 is 2.81 bits per heavy atom. The van der Waals surface area contributed by atoms with E-state index in [0.717, 1.165) is 30.6 Å². The summed E-state index contributed by atoms with van der Waals surface area (Å²) in [5, 5.41) is 0. The van der Waals surface area contributed by atoms with Gasteiger partial charge in [-0.1, -0.05) is 12.1 Å². The van der Waals surface area contributed by atoms with E-state index < -0.39 is 11.4 Å². The van der Waals surface area contributed by atoms with Gasteiger partial charge in [-0.05, 0) is 38.7 Å². The van der Waals surface area contributed by atoms with Gasteiger partial charge in [-0.15, -0.1) is 0 Å². The Morgan fingerprint density at radius 2 is 2.19 bits per heavy atom. The minimum atomic E-state index is -1.09. The van der Waals surface area contributed by atoms with Gasteiger partial charge in [-0.3, -0.25) is 4.79 Å². The minimum absolute atomic E-state index is 0.0905. The van der Waals surface area contributed by atoms with Crippen molar-refractivity contribution in [3.8, 4) is 11.5 Å². The van der Waals surface area contributed by atoms with E-state index in [4.69, 9.17) is 20.9 Å². The average Bonchev–Trinajstić information content (AvgIpc) is 3.18. The molecule has 21 heavy (non-hydrogen) atoms. The van der Waals surface area contributed by atoms with Crippen LogP contribution < -0.4 is 20.9 Å². The number of hydrogen-bond acceptors (Lipinski definition) is 4. The number of benzene rings is 1. The topological polar surface area (TPSA) is 87.6 Å². The standard InChI is InChI=1S/C16H22N2O3/c1-15(2)8-10-4-3-5-12(13(10)21-15)20-9-16(18,14(17)19)11-6-7-11/h3-5,11H,6-9,18H2,1-2H3,(H2,17,19). The zero-order valence-electron chi connectivity index (χ0n) is 12.5. The van der Waals surface area contributed by atoms with Crippen molar-refractivity contribution in [1.29, 1.82) is 0 Å². The molecule has 1 aromatic carbocycles. The second-order valence-corrected chi connectivity index (χ2v) is 6.75. The first-order chi connectivity index (χ1) is 9.82. The Balaban J connectivity index is 1.78. The summed E-state index contributed by atoms with van der Waals surface area (Å²) in [6, 6.07) is 5.80. The number of ether oxygens (including phenoxy) is 2. The first-order valence-corrected chi connectivity index (χ1v) is 7.34. The van der Waals surface area contributed by atoms with E-state index in [0.29, 0.717) is 5.75 Å². The largest absolute Gasteiger partial charge is 0.487 e. The van der Waals surface area contributed by atoms with Crippen LogP contribution in [0.25, 0.3) is 0 Å². The van der Waals surface area contributed by atoms with E-state index in [-0.39, 0.29) is 18.1 Å². The lowest BCUT2D eigenvalue weighted by Gasteiger charge is -2.26. The van der Waals surface area contributed by atoms with E-state index in [2.05, 4.69) is 0 Å². The highest BCUT2D eigenvalue weighted by atomic mass is 16.5. The molecule has 1 amide bonds. The third kappa shape index (κ3) is 2.58. The number of carbonyl (C=O) groups is 1. The van der Waals surface area contributed by atoms with Gasteiger partial charge in [-0.25, -0.2) is 0 Å². The van der Waals surface area contributed by atoms with Crippen molar-refractivity contribution in [2.75, 3.05) is 6.61 Å². The molecule has 1 aliphatic heterocycles. The first kappa shape index (κ1) is 14.2. The molecule has 4 N–H and O–H groups in total. The SMILES string of the molecule is CC1(C)Cc2cccc(OCC(N)(C(N)=O)C3CC3)c2O1. The van der Waals surface area contributed by atoms with Gasteiger partial charge in [-0.2, -0.15) is 0 Å². The molecule has 1 aromatic rings. The molecule has 1 fully saturated rings. The molecule has 5 heteroatoms. The van der Waals surface area contributed by atoms with E-state index in [1.54, 1.807) is 0 Å². The van der Waals surface area contributed by atoms with Crippen LogP contribution in [0.1, 0.15) is 32.3 Å². The monoisotopic (exact) mass is 290 g/mol. The fourth-order valence-electron chi connectivity index (χ4n) is 2.89. The Kier molecular flexibility index (Phi) is 3.13. The fourth-order valence-corrected chi connectivity index (χ4v) is 2.89. The molecular weight excluding hydrogens is 268 g/mol. The van der Waals surface area contributed by atoms with Crippen molar-refractivity contribution in [3.05, 3.63) is 23.8 Å². The van der Waals surface area contributed by atoms with Crippen LogP contribution in [-0.2, 0) is 11.2 Å². The van der Waals surface area contributed by atoms with E-state index in [1.807, 2.05) is 32.0 Å². The second kappa shape index (κ2) is 4.63. The van der Waals surface area contributed by atoms with Crippen molar-refractivity contribution in [2.45, 2.75) is 44.2 Å². The maximum Gasteiger partial charge on any atom is 0.241 e. The van der Waals surface area contributed by atoms with Gasteiger partial charge in [0.1, 0.15) is 17.7 Å². The van der Waals surface area contributed by atoms with Crippen molar-refractivity contribution in [3.63, 3.8) is 0 Å². The Labute approximate surface area is 124 Å². The predicted molar refractivity (Wildman–Crippen MR) is 79.2 cm³/mol. The van der Waals surface area contributed by atoms with Gasteiger partial charge < -0.3 is 20.9 Å². The third-order valence-electron chi connectivity index (χ3n) is 4.29. The molecule has 0 spiro atoms. The Morgan fingerprint density at radius 1 is 1.48 bits per heavy atom. The van der Waals surface area contributed by atoms with Crippen LogP contribution in [0.3, 0.4) is 0 Å². The predicted octanol–water partition coefficient (Wildman–Crippen LogP) is 1.37. The molecule has 0 radical (unpaired) electrons. The van der Waals surface area contributed by atoms with Crippen LogP contribution >= 0.6 is 0 Å². The molecule has 3 rings (SSSR count). The highest BCUT2D eigenvalue weighted by Gasteiger charge is 2.48. The van der Waals surface area contributed by atoms with E-state index >= 15 is 0 Å². The molecule has 5 nitrogen and oxygen atoms in total. The molecule has 1 saturated carbocycles. The number of fused-ring (bicyclic) bond motifs is 1. The lowest BCUT2D eigenvalue weighted by atomic mass is 9.95. The molecule has 2 aliphatic rings. The Bertz CT molecular complexity index is 581. The lowest BCUT2D eigenvalue weighted by Crippen LogP contribution is -2.58. The number of amides is 1. The Hall–Kier alpha value is -1.75. The number of carbonyl (C=O) groups excluding carboxylic acids is 1. The smallest absolute Gasteiger partial charge is 0.241 e. The third-order valence-corrected chi connectivity index (χ3v) is 4.29. The second-order valence-electron chi connectivity index (χ2n) is 6.75. The normalized spacial score (nSPS) is 22.0. The number of rotatable bonds is 5. The summed E-state index contributed by atoms with van der Waals surface area (Å²) >= 11 is 0. The number of nitrogens with two attached hydrogens (primary N) is 2. The summed E-state index contributed by atoms with van der Waals surface area (Å²) < 4.78 is 11.8. The molecule has 114 valence electrons. The van der Waals surface area contributed by atoms with Gasteiger partial charge in [0.25, 0.3) is 0 Å². The zero-order chi connectivity index (χ0) is 15.3. The molecule has 0 bridgehead atoms. The van der Waals surface area contributed by atoms with Crippen LogP contribution in [0.2, 0.25) is 0 Å². The summed E-state index contributed by atoms with van der Waals surface area (Å²) in [6.45, 7) is 4.17. The fraction of sp³-hybridized carbons (Fsp3) is 0.562. The quantitative estimate of drug-likeness (QED) is 0.857. The molecule has 1 unspecified atom stereocenters. The van der Waals surface area contributed by atoms with Gasteiger partial charge in [0.15, 0.2) is 11.5 Å². The number of hydrogen-bond donors (Lipinski definition) is 2. The summed E-state index contributed by atoms with van der Waals surface area (Å²) in [5.74, 6) is 1.02. The van der Waals surface area contributed by atoms with Crippen molar-refractivity contribution in [2.24, 2.45) is 17.4 Å². The van der Waals surface area contributed by atoms with Crippen LogP contribution in [0.5, 0.6) is 11.5 Å². The maximum atomic E-state index is 11.6. The van der Waals surface area contributed by atoms with E-state index in [1.165, 1.54) is 0 Å². The number of para-hydroxylation sites is 1. The molecular formula is C16H22N2O3.